The monoisotopic (exact) mass is 365 g/mol. The maximum atomic E-state index is 12.3. The van der Waals surface area contributed by atoms with Crippen LogP contribution in [-0.2, 0) is 0 Å². The van der Waals surface area contributed by atoms with Gasteiger partial charge in [-0.2, -0.15) is 0 Å². The second kappa shape index (κ2) is 6.35. The molecular weight excluding hydrogens is 350 g/mol. The average molecular weight is 365 g/mol. The molecule has 0 aliphatic heterocycles. The number of carbonyl (C=O) groups is 1. The Balaban J connectivity index is 1.84. The van der Waals surface area contributed by atoms with E-state index in [9.17, 15) is 4.79 Å². The van der Waals surface area contributed by atoms with Gasteiger partial charge in [0.2, 0.25) is 0 Å². The van der Waals surface area contributed by atoms with Gasteiger partial charge in [-0.05, 0) is 30.3 Å². The summed E-state index contributed by atoms with van der Waals surface area (Å²) in [5, 5.41) is 4.75. The number of carbonyl (C=O) groups excluding carboxylic acids is 1. The van der Waals surface area contributed by atoms with Crippen molar-refractivity contribution in [2.24, 2.45) is 0 Å². The van der Waals surface area contributed by atoms with Crippen molar-refractivity contribution in [2.45, 2.75) is 0 Å². The molecule has 3 aromatic heterocycles. The van der Waals surface area contributed by atoms with Gasteiger partial charge in [0.25, 0.3) is 5.91 Å². The van der Waals surface area contributed by atoms with E-state index >= 15 is 0 Å². The fourth-order valence-electron chi connectivity index (χ4n) is 3.42. The van der Waals surface area contributed by atoms with Crippen molar-refractivity contribution in [1.82, 2.24) is 25.3 Å². The SMILES string of the molecule is C=CCNC(=O)c1ccc2nc3c4ncccc4c4cccnc4c3nc2c1. The molecule has 0 bridgehead atoms. The van der Waals surface area contributed by atoms with Crippen LogP contribution in [0.4, 0.5) is 0 Å². The van der Waals surface area contributed by atoms with Crippen LogP contribution >= 0.6 is 0 Å². The van der Waals surface area contributed by atoms with Gasteiger partial charge in [-0.15, -0.1) is 6.58 Å². The van der Waals surface area contributed by atoms with E-state index in [-0.39, 0.29) is 5.91 Å². The maximum absolute atomic E-state index is 12.3. The van der Waals surface area contributed by atoms with Gasteiger partial charge in [0.15, 0.2) is 0 Å². The van der Waals surface area contributed by atoms with Crippen molar-refractivity contribution in [2.75, 3.05) is 6.54 Å². The summed E-state index contributed by atoms with van der Waals surface area (Å²) < 4.78 is 0. The molecule has 6 heteroatoms. The van der Waals surface area contributed by atoms with Crippen molar-refractivity contribution < 1.29 is 4.79 Å². The quantitative estimate of drug-likeness (QED) is 0.299. The molecule has 3 heterocycles. The van der Waals surface area contributed by atoms with Crippen molar-refractivity contribution in [3.05, 3.63) is 73.1 Å². The lowest BCUT2D eigenvalue weighted by Crippen LogP contribution is -2.23. The largest absolute Gasteiger partial charge is 0.349 e. The zero-order valence-electron chi connectivity index (χ0n) is 14.9. The number of amides is 1. The van der Waals surface area contributed by atoms with Gasteiger partial charge in [0.1, 0.15) is 11.0 Å². The predicted octanol–water partition coefficient (Wildman–Crippen LogP) is 3.80. The summed E-state index contributed by atoms with van der Waals surface area (Å²) in [7, 11) is 0. The maximum Gasteiger partial charge on any atom is 0.251 e. The molecule has 6 nitrogen and oxygen atoms in total. The molecular formula is C22H15N5O. The summed E-state index contributed by atoms with van der Waals surface area (Å²) in [4.78, 5) is 31.0. The number of fused-ring (bicyclic) bond motifs is 7. The molecule has 134 valence electrons. The molecule has 0 saturated heterocycles. The Bertz CT molecular complexity index is 1410. The molecule has 28 heavy (non-hydrogen) atoms. The van der Waals surface area contributed by atoms with E-state index < -0.39 is 0 Å². The second-order valence-corrected chi connectivity index (χ2v) is 6.42. The Morgan fingerprint density at radius 3 is 2.18 bits per heavy atom. The number of pyridine rings is 2. The van der Waals surface area contributed by atoms with Gasteiger partial charge in [0.05, 0.1) is 22.1 Å². The third-order valence-corrected chi connectivity index (χ3v) is 4.69. The zero-order valence-corrected chi connectivity index (χ0v) is 14.9. The summed E-state index contributed by atoms with van der Waals surface area (Å²) in [6, 6.07) is 13.1. The number of nitrogens with zero attached hydrogens (tertiary/aromatic N) is 4. The molecule has 0 spiro atoms. The number of rotatable bonds is 3. The molecule has 2 aromatic carbocycles. The van der Waals surface area contributed by atoms with E-state index in [0.717, 1.165) is 21.8 Å². The second-order valence-electron chi connectivity index (χ2n) is 6.42. The van der Waals surface area contributed by atoms with Crippen LogP contribution in [0.3, 0.4) is 0 Å². The highest BCUT2D eigenvalue weighted by molar-refractivity contribution is 6.21. The summed E-state index contributed by atoms with van der Waals surface area (Å²) >= 11 is 0. The molecule has 0 fully saturated rings. The van der Waals surface area contributed by atoms with E-state index in [1.54, 1.807) is 30.6 Å². The molecule has 1 amide bonds. The molecule has 0 unspecified atom stereocenters. The van der Waals surface area contributed by atoms with Gasteiger partial charge in [-0.25, -0.2) is 9.97 Å². The first-order chi connectivity index (χ1) is 13.8. The molecule has 1 N–H and O–H groups in total. The first-order valence-electron chi connectivity index (χ1n) is 8.88. The summed E-state index contributed by atoms with van der Waals surface area (Å²) in [5.74, 6) is -0.174. The molecule has 5 rings (SSSR count). The minimum atomic E-state index is -0.174. The lowest BCUT2D eigenvalue weighted by molar-refractivity contribution is 0.0958. The Labute approximate surface area is 160 Å². The summed E-state index contributed by atoms with van der Waals surface area (Å²) in [6.07, 6.45) is 5.14. The van der Waals surface area contributed by atoms with Gasteiger partial charge < -0.3 is 5.32 Å². The van der Waals surface area contributed by atoms with Crippen LogP contribution in [-0.4, -0.2) is 32.4 Å². The minimum absolute atomic E-state index is 0.174. The molecule has 5 aromatic rings. The fraction of sp³-hybridized carbons (Fsp3) is 0.0455. The van der Waals surface area contributed by atoms with Crippen molar-refractivity contribution >= 4 is 49.8 Å². The minimum Gasteiger partial charge on any atom is -0.349 e. The van der Waals surface area contributed by atoms with Crippen LogP contribution in [0, 0.1) is 0 Å². The first-order valence-corrected chi connectivity index (χ1v) is 8.88. The van der Waals surface area contributed by atoms with Crippen molar-refractivity contribution in [3.8, 4) is 0 Å². The van der Waals surface area contributed by atoms with E-state index in [4.69, 9.17) is 9.97 Å². The highest BCUT2D eigenvalue weighted by Crippen LogP contribution is 2.31. The number of aromatic nitrogens is 4. The van der Waals surface area contributed by atoms with E-state index in [2.05, 4.69) is 21.9 Å². The molecule has 0 aliphatic carbocycles. The Kier molecular flexibility index (Phi) is 3.69. The van der Waals surface area contributed by atoms with E-state index in [1.165, 1.54) is 0 Å². The molecule has 0 saturated carbocycles. The third kappa shape index (κ3) is 2.46. The van der Waals surface area contributed by atoms with Gasteiger partial charge in [0, 0.05) is 35.3 Å². The number of nitrogens with one attached hydrogen (secondary N) is 1. The number of benzene rings is 2. The summed E-state index contributed by atoms with van der Waals surface area (Å²) in [5.41, 5.74) is 4.82. The zero-order chi connectivity index (χ0) is 19.1. The van der Waals surface area contributed by atoms with E-state index in [1.807, 2.05) is 30.3 Å². The third-order valence-electron chi connectivity index (χ3n) is 4.69. The summed E-state index contributed by atoms with van der Waals surface area (Å²) in [6.45, 7) is 4.02. The average Bonchev–Trinajstić information content (AvgIpc) is 2.76. The fourth-order valence-corrected chi connectivity index (χ4v) is 3.42. The molecule has 0 aliphatic rings. The van der Waals surface area contributed by atoms with Crippen molar-refractivity contribution in [1.29, 1.82) is 0 Å². The van der Waals surface area contributed by atoms with Crippen LogP contribution < -0.4 is 5.32 Å². The van der Waals surface area contributed by atoms with E-state index in [0.29, 0.717) is 34.2 Å². The predicted molar refractivity (Wildman–Crippen MR) is 110 cm³/mol. The van der Waals surface area contributed by atoms with Crippen LogP contribution in [0.2, 0.25) is 0 Å². The molecule has 0 radical (unpaired) electrons. The topological polar surface area (TPSA) is 80.7 Å². The Hall–Kier alpha value is -3.93. The van der Waals surface area contributed by atoms with Crippen LogP contribution in [0.5, 0.6) is 0 Å². The Morgan fingerprint density at radius 2 is 1.54 bits per heavy atom. The highest BCUT2D eigenvalue weighted by Gasteiger charge is 2.14. The number of hydrogen-bond donors (Lipinski definition) is 1. The van der Waals surface area contributed by atoms with Crippen LogP contribution in [0.15, 0.2) is 67.5 Å². The van der Waals surface area contributed by atoms with Gasteiger partial charge in [-0.1, -0.05) is 18.2 Å². The normalized spacial score (nSPS) is 11.3. The van der Waals surface area contributed by atoms with Crippen LogP contribution in [0.25, 0.3) is 43.9 Å². The smallest absolute Gasteiger partial charge is 0.251 e. The first kappa shape index (κ1) is 16.3. The number of hydrogen-bond acceptors (Lipinski definition) is 5. The lowest BCUT2D eigenvalue weighted by Gasteiger charge is -2.09. The van der Waals surface area contributed by atoms with Gasteiger partial charge >= 0.3 is 0 Å². The van der Waals surface area contributed by atoms with Crippen molar-refractivity contribution in [3.63, 3.8) is 0 Å². The lowest BCUT2D eigenvalue weighted by atomic mass is 10.1. The highest BCUT2D eigenvalue weighted by atomic mass is 16.1. The van der Waals surface area contributed by atoms with Crippen LogP contribution in [0.1, 0.15) is 10.4 Å². The molecule has 0 atom stereocenters. The standard InChI is InChI=1S/C22H15N5O/c1-2-9-25-22(28)13-7-8-16-17(12-13)27-21-19-15(6-4-11-24-19)14-5-3-10-23-18(14)20(21)26-16/h2-8,10-12H,1,9H2,(H,25,28). The Morgan fingerprint density at radius 1 is 0.893 bits per heavy atom. The van der Waals surface area contributed by atoms with Gasteiger partial charge in [-0.3, -0.25) is 14.8 Å².